The fourth-order valence-corrected chi connectivity index (χ4v) is 4.30. The minimum atomic E-state index is -4.19. The number of nitriles is 1. The molecular formula is C23H24F3N5OS2. The minimum Gasteiger partial charge on any atom is -0.494 e. The lowest BCUT2D eigenvalue weighted by Crippen LogP contribution is -2.41. The summed E-state index contributed by atoms with van der Waals surface area (Å²) in [5.41, 5.74) is 2.26. The Morgan fingerprint density at radius 1 is 1.26 bits per heavy atom. The number of hydrogen-bond acceptors (Lipinski definition) is 6. The van der Waals surface area contributed by atoms with Gasteiger partial charge in [-0.3, -0.25) is 5.32 Å². The summed E-state index contributed by atoms with van der Waals surface area (Å²) in [6.45, 7) is 4.71. The van der Waals surface area contributed by atoms with Crippen LogP contribution in [0.25, 0.3) is 10.2 Å². The molecule has 0 spiro atoms. The second kappa shape index (κ2) is 11.4. The maximum Gasteiger partial charge on any atom is 0.389 e. The Hall–Kier alpha value is -2.97. The van der Waals surface area contributed by atoms with Gasteiger partial charge in [-0.25, -0.2) is 9.98 Å². The van der Waals surface area contributed by atoms with Gasteiger partial charge in [0.05, 0.1) is 22.5 Å². The van der Waals surface area contributed by atoms with E-state index in [2.05, 4.69) is 41.8 Å². The molecule has 0 saturated carbocycles. The molecule has 0 bridgehead atoms. The van der Waals surface area contributed by atoms with Crippen LogP contribution in [-0.2, 0) is 0 Å². The Balaban J connectivity index is 1.81. The molecule has 3 rings (SSSR count). The predicted octanol–water partition coefficient (Wildman–Crippen LogP) is 6.53. The average Bonchev–Trinajstić information content (AvgIpc) is 3.14. The van der Waals surface area contributed by atoms with Gasteiger partial charge in [0.1, 0.15) is 10.1 Å². The lowest BCUT2D eigenvalue weighted by atomic mass is 10.2. The molecule has 0 atom stereocenters. The molecule has 3 aromatic rings. The highest BCUT2D eigenvalue weighted by Crippen LogP contribution is 2.30. The Labute approximate surface area is 205 Å². The third kappa shape index (κ3) is 7.53. The Morgan fingerprint density at radius 2 is 2.00 bits per heavy atom. The quantitative estimate of drug-likeness (QED) is 0.0906. The normalized spacial score (nSPS) is 12.1. The van der Waals surface area contributed by atoms with Crippen molar-refractivity contribution in [1.29, 1.82) is 5.26 Å². The first-order valence-corrected chi connectivity index (χ1v) is 11.8. The highest BCUT2D eigenvalue weighted by Gasteiger charge is 2.26. The van der Waals surface area contributed by atoms with Crippen molar-refractivity contribution < 1.29 is 17.9 Å². The number of fused-ring (bicyclic) bond motifs is 1. The van der Waals surface area contributed by atoms with Gasteiger partial charge in [0.2, 0.25) is 5.96 Å². The van der Waals surface area contributed by atoms with Gasteiger partial charge in [0.25, 0.3) is 0 Å². The van der Waals surface area contributed by atoms with Crippen molar-refractivity contribution in [2.24, 2.45) is 10.9 Å². The second-order valence-electron chi connectivity index (χ2n) is 7.89. The highest BCUT2D eigenvalue weighted by atomic mass is 32.2. The van der Waals surface area contributed by atoms with E-state index in [1.807, 2.05) is 29.3 Å². The van der Waals surface area contributed by atoms with Crippen LogP contribution >= 0.6 is 24.0 Å². The highest BCUT2D eigenvalue weighted by molar-refractivity contribution is 7.82. The van der Waals surface area contributed by atoms with Crippen molar-refractivity contribution in [2.75, 3.05) is 18.1 Å². The zero-order chi connectivity index (χ0) is 24.7. The number of nitrogens with one attached hydrogen (secondary N) is 1. The molecule has 0 aliphatic rings. The van der Waals surface area contributed by atoms with E-state index in [1.54, 1.807) is 24.3 Å². The fourth-order valence-electron chi connectivity index (χ4n) is 3.16. The van der Waals surface area contributed by atoms with Crippen molar-refractivity contribution in [3.63, 3.8) is 0 Å². The first-order valence-electron chi connectivity index (χ1n) is 10.5. The van der Waals surface area contributed by atoms with Crippen molar-refractivity contribution in [3.05, 3.63) is 42.5 Å². The number of guanidine groups is 1. The van der Waals surface area contributed by atoms with Crippen LogP contribution in [0.4, 0.5) is 24.5 Å². The van der Waals surface area contributed by atoms with Gasteiger partial charge in [-0.05, 0) is 54.8 Å². The monoisotopic (exact) mass is 507 g/mol. The summed E-state index contributed by atoms with van der Waals surface area (Å²) in [6.07, 6.45) is -3.23. The SMILES string of the molecule is CC(C)CN(/C(=N/c1ccc(OCCCC(F)(F)F)cc1)NC#N)c1ccc2nc(S)sc2c1. The van der Waals surface area contributed by atoms with Gasteiger partial charge in [0, 0.05) is 18.7 Å². The molecule has 0 saturated heterocycles. The molecule has 2 aromatic carbocycles. The number of aromatic nitrogens is 1. The van der Waals surface area contributed by atoms with Crippen LogP contribution in [0.2, 0.25) is 0 Å². The fraction of sp³-hybridized carbons (Fsp3) is 0.348. The van der Waals surface area contributed by atoms with Gasteiger partial charge >= 0.3 is 6.18 Å². The van der Waals surface area contributed by atoms with E-state index in [0.717, 1.165) is 15.9 Å². The van der Waals surface area contributed by atoms with Gasteiger partial charge < -0.3 is 9.64 Å². The predicted molar refractivity (Wildman–Crippen MR) is 132 cm³/mol. The maximum absolute atomic E-state index is 12.3. The zero-order valence-electron chi connectivity index (χ0n) is 18.6. The van der Waals surface area contributed by atoms with Crippen LogP contribution in [-0.4, -0.2) is 30.3 Å². The number of thiazole rings is 1. The Kier molecular flexibility index (Phi) is 8.63. The van der Waals surface area contributed by atoms with E-state index in [0.29, 0.717) is 28.3 Å². The van der Waals surface area contributed by atoms with E-state index in [1.165, 1.54) is 11.3 Å². The smallest absolute Gasteiger partial charge is 0.389 e. The van der Waals surface area contributed by atoms with E-state index in [9.17, 15) is 18.4 Å². The average molecular weight is 508 g/mol. The number of benzene rings is 2. The molecule has 1 aromatic heterocycles. The zero-order valence-corrected chi connectivity index (χ0v) is 20.3. The Morgan fingerprint density at radius 3 is 2.65 bits per heavy atom. The number of hydrogen-bond donors (Lipinski definition) is 2. The lowest BCUT2D eigenvalue weighted by Gasteiger charge is -2.27. The standard InChI is InChI=1S/C23H24F3N5OS2/c1-15(2)13-31(17-6-9-19-20(12-17)34-22(33)30-19)21(28-14-27)29-16-4-7-18(8-5-16)32-11-3-10-23(24,25)26/h4-9,12,15H,3,10-11,13H2,1-2H3,(H,28,29)(H,30,33). The molecule has 0 aliphatic carbocycles. The molecule has 0 aliphatic heterocycles. The van der Waals surface area contributed by atoms with Crippen molar-refractivity contribution in [1.82, 2.24) is 10.3 Å². The molecule has 1 N–H and O–H groups in total. The molecule has 0 radical (unpaired) electrons. The number of anilines is 1. The number of thiol groups is 1. The molecule has 0 amide bonds. The van der Waals surface area contributed by atoms with Gasteiger partial charge in [-0.2, -0.15) is 18.4 Å². The van der Waals surface area contributed by atoms with Crippen LogP contribution in [0.5, 0.6) is 5.75 Å². The van der Waals surface area contributed by atoms with Crippen LogP contribution in [0, 0.1) is 17.4 Å². The number of rotatable bonds is 8. The molecule has 1 heterocycles. The largest absolute Gasteiger partial charge is 0.494 e. The van der Waals surface area contributed by atoms with E-state index in [4.69, 9.17) is 4.74 Å². The van der Waals surface area contributed by atoms with Crippen molar-refractivity contribution in [2.45, 2.75) is 37.2 Å². The number of ether oxygens (including phenoxy) is 1. The Bertz CT molecular complexity index is 1170. The van der Waals surface area contributed by atoms with Gasteiger partial charge in [0.15, 0.2) is 6.19 Å². The maximum atomic E-state index is 12.3. The van der Waals surface area contributed by atoms with E-state index >= 15 is 0 Å². The number of aliphatic imine (C=N–C) groups is 1. The molecule has 11 heteroatoms. The number of alkyl halides is 3. The third-order valence-corrected chi connectivity index (χ3v) is 5.78. The van der Waals surface area contributed by atoms with Crippen LogP contribution < -0.4 is 15.0 Å². The van der Waals surface area contributed by atoms with Crippen LogP contribution in [0.3, 0.4) is 0 Å². The van der Waals surface area contributed by atoms with E-state index < -0.39 is 12.6 Å². The van der Waals surface area contributed by atoms with Crippen molar-refractivity contribution in [3.8, 4) is 11.9 Å². The van der Waals surface area contributed by atoms with Crippen molar-refractivity contribution >= 4 is 51.5 Å². The topological polar surface area (TPSA) is 73.5 Å². The number of nitrogens with zero attached hydrogens (tertiary/aromatic N) is 4. The summed E-state index contributed by atoms with van der Waals surface area (Å²) in [5, 5.41) is 12.0. The summed E-state index contributed by atoms with van der Waals surface area (Å²) in [6, 6.07) is 12.5. The first-order chi connectivity index (χ1) is 16.1. The summed E-state index contributed by atoms with van der Waals surface area (Å²) in [4.78, 5) is 10.9. The first kappa shape index (κ1) is 25.6. The summed E-state index contributed by atoms with van der Waals surface area (Å²) < 4.78 is 43.8. The van der Waals surface area contributed by atoms with Crippen LogP contribution in [0.1, 0.15) is 26.7 Å². The summed E-state index contributed by atoms with van der Waals surface area (Å²) >= 11 is 5.79. The summed E-state index contributed by atoms with van der Waals surface area (Å²) in [7, 11) is 0. The molecule has 34 heavy (non-hydrogen) atoms. The second-order valence-corrected chi connectivity index (χ2v) is 9.64. The number of halogens is 3. The lowest BCUT2D eigenvalue weighted by molar-refractivity contribution is -0.136. The third-order valence-electron chi connectivity index (χ3n) is 4.59. The minimum absolute atomic E-state index is 0.0282. The molecular weight excluding hydrogens is 483 g/mol. The van der Waals surface area contributed by atoms with E-state index in [-0.39, 0.29) is 18.9 Å². The molecule has 6 nitrogen and oxygen atoms in total. The molecule has 0 fully saturated rings. The van der Waals surface area contributed by atoms with Gasteiger partial charge in [-0.15, -0.1) is 24.0 Å². The van der Waals surface area contributed by atoms with Crippen LogP contribution in [0.15, 0.2) is 51.8 Å². The molecule has 180 valence electrons. The summed E-state index contributed by atoms with van der Waals surface area (Å²) in [5.74, 6) is 1.08. The van der Waals surface area contributed by atoms with Gasteiger partial charge in [-0.1, -0.05) is 13.8 Å². The molecule has 0 unspecified atom stereocenters.